The number of aromatic nitrogens is 2. The molecule has 0 spiro atoms. The topological polar surface area (TPSA) is 286 Å². The van der Waals surface area contributed by atoms with Crippen molar-refractivity contribution in [1.82, 2.24) is 25.9 Å². The van der Waals surface area contributed by atoms with E-state index in [1.54, 1.807) is 0 Å². The number of rotatable bonds is 15. The number of hydrogen-bond acceptors (Lipinski definition) is 9. The first kappa shape index (κ1) is 28.0. The maximum Gasteiger partial charge on any atom is 0.326 e. The van der Waals surface area contributed by atoms with Gasteiger partial charge in [0.1, 0.15) is 24.2 Å². The van der Waals surface area contributed by atoms with Gasteiger partial charge in [-0.2, -0.15) is 0 Å². The van der Waals surface area contributed by atoms with Crippen LogP contribution in [-0.4, -0.2) is 86.5 Å². The van der Waals surface area contributed by atoms with E-state index in [-0.39, 0.29) is 19.3 Å². The van der Waals surface area contributed by atoms with Gasteiger partial charge in [0.2, 0.25) is 29.5 Å². The maximum absolute atomic E-state index is 12.9. The summed E-state index contributed by atoms with van der Waals surface area (Å²) in [5.41, 5.74) is 15.9. The van der Waals surface area contributed by atoms with E-state index >= 15 is 0 Å². The number of carbonyl (C=O) groups excluding carboxylic acids is 5. The van der Waals surface area contributed by atoms with Crippen molar-refractivity contribution in [2.24, 2.45) is 17.2 Å². The SMILES string of the molecule is NC(=O)CCC(NC(=O)C(N)CO)C(=O)NC(Cc1cnc[nH]1)C(=O)NC(CC(N)=O)C(=O)O. The first-order valence-corrected chi connectivity index (χ1v) is 9.98. The number of nitrogens with one attached hydrogen (secondary N) is 4. The number of aliphatic hydroxyl groups excluding tert-OH is 1. The molecule has 4 unspecified atom stereocenters. The molecule has 188 valence electrons. The van der Waals surface area contributed by atoms with Crippen LogP contribution in [0.5, 0.6) is 0 Å². The molecular weight excluding hydrogens is 456 g/mol. The number of aromatic amines is 1. The fraction of sp³-hybridized carbons (Fsp3) is 0.500. The van der Waals surface area contributed by atoms with Crippen molar-refractivity contribution in [2.45, 2.75) is 49.9 Å². The molecule has 0 saturated carbocycles. The van der Waals surface area contributed by atoms with Gasteiger partial charge in [0.15, 0.2) is 0 Å². The Morgan fingerprint density at radius 1 is 0.941 bits per heavy atom. The fourth-order valence-electron chi connectivity index (χ4n) is 2.69. The monoisotopic (exact) mass is 484 g/mol. The number of aliphatic hydroxyl groups is 1. The van der Waals surface area contributed by atoms with Crippen LogP contribution in [0.25, 0.3) is 0 Å². The van der Waals surface area contributed by atoms with Crippen LogP contribution in [0.4, 0.5) is 0 Å². The average Bonchev–Trinajstić information content (AvgIpc) is 3.27. The second-order valence-corrected chi connectivity index (χ2v) is 7.27. The van der Waals surface area contributed by atoms with Gasteiger partial charge >= 0.3 is 5.97 Å². The highest BCUT2D eigenvalue weighted by molar-refractivity contribution is 5.95. The number of carbonyl (C=O) groups is 6. The van der Waals surface area contributed by atoms with Crippen LogP contribution >= 0.6 is 0 Å². The zero-order valence-electron chi connectivity index (χ0n) is 18.0. The zero-order valence-corrected chi connectivity index (χ0v) is 18.0. The second kappa shape index (κ2) is 13.5. The molecular formula is C18H28N8O8. The average molecular weight is 484 g/mol. The lowest BCUT2D eigenvalue weighted by molar-refractivity contribution is -0.143. The number of primary amides is 2. The lowest BCUT2D eigenvalue weighted by atomic mass is 10.1. The number of hydrogen-bond donors (Lipinski definition) is 9. The third-order valence-corrected chi connectivity index (χ3v) is 4.48. The molecule has 0 aliphatic heterocycles. The Morgan fingerprint density at radius 3 is 2.03 bits per heavy atom. The zero-order chi connectivity index (χ0) is 25.8. The van der Waals surface area contributed by atoms with Crippen molar-refractivity contribution in [1.29, 1.82) is 0 Å². The molecule has 1 aromatic heterocycles. The summed E-state index contributed by atoms with van der Waals surface area (Å²) >= 11 is 0. The Labute approximate surface area is 193 Å². The van der Waals surface area contributed by atoms with Crippen molar-refractivity contribution in [3.05, 3.63) is 18.2 Å². The Balaban J connectivity index is 3.08. The Hall–Kier alpha value is -4.05. The van der Waals surface area contributed by atoms with E-state index in [4.69, 9.17) is 22.3 Å². The van der Waals surface area contributed by atoms with E-state index in [1.165, 1.54) is 12.5 Å². The number of nitrogens with zero attached hydrogens (tertiary/aromatic N) is 1. The van der Waals surface area contributed by atoms with Crippen molar-refractivity contribution in [3.63, 3.8) is 0 Å². The number of aliphatic carboxylic acids is 1. The van der Waals surface area contributed by atoms with Gasteiger partial charge in [-0.25, -0.2) is 9.78 Å². The van der Waals surface area contributed by atoms with Gasteiger partial charge in [0.05, 0.1) is 19.4 Å². The summed E-state index contributed by atoms with van der Waals surface area (Å²) in [5.74, 6) is -6.04. The van der Waals surface area contributed by atoms with E-state index in [9.17, 15) is 33.9 Å². The van der Waals surface area contributed by atoms with Crippen LogP contribution in [0.2, 0.25) is 0 Å². The Kier molecular flexibility index (Phi) is 11.1. The highest BCUT2D eigenvalue weighted by Gasteiger charge is 2.31. The molecule has 0 aliphatic carbocycles. The van der Waals surface area contributed by atoms with Crippen LogP contribution in [-0.2, 0) is 35.2 Å². The van der Waals surface area contributed by atoms with Gasteiger partial charge in [0.25, 0.3) is 0 Å². The minimum atomic E-state index is -1.65. The number of H-pyrrole nitrogens is 1. The molecule has 1 rings (SSSR count). The highest BCUT2D eigenvalue weighted by Crippen LogP contribution is 2.04. The lowest BCUT2D eigenvalue weighted by Gasteiger charge is -2.24. The largest absolute Gasteiger partial charge is 0.480 e. The molecule has 0 fully saturated rings. The first-order valence-electron chi connectivity index (χ1n) is 9.98. The van der Waals surface area contributed by atoms with Crippen LogP contribution in [0.3, 0.4) is 0 Å². The molecule has 16 heteroatoms. The summed E-state index contributed by atoms with van der Waals surface area (Å²) in [7, 11) is 0. The van der Waals surface area contributed by atoms with E-state index in [0.717, 1.165) is 0 Å². The highest BCUT2D eigenvalue weighted by atomic mass is 16.4. The molecule has 0 radical (unpaired) electrons. The molecule has 0 aromatic carbocycles. The molecule has 0 saturated heterocycles. The van der Waals surface area contributed by atoms with E-state index in [2.05, 4.69) is 25.9 Å². The minimum Gasteiger partial charge on any atom is -0.480 e. The lowest BCUT2D eigenvalue weighted by Crippen LogP contribution is -2.58. The van der Waals surface area contributed by atoms with Crippen molar-refractivity contribution in [2.75, 3.05) is 6.61 Å². The van der Waals surface area contributed by atoms with Crippen molar-refractivity contribution < 1.29 is 39.0 Å². The molecule has 5 amide bonds. The molecule has 16 nitrogen and oxygen atoms in total. The number of carboxylic acid groups (broad SMARTS) is 1. The van der Waals surface area contributed by atoms with Crippen LogP contribution in [0.1, 0.15) is 25.0 Å². The summed E-state index contributed by atoms with van der Waals surface area (Å²) in [6, 6.07) is -5.75. The van der Waals surface area contributed by atoms with Gasteiger partial charge in [-0.3, -0.25) is 24.0 Å². The predicted octanol–water partition coefficient (Wildman–Crippen LogP) is -5.05. The van der Waals surface area contributed by atoms with Gasteiger partial charge in [-0.05, 0) is 6.42 Å². The molecule has 0 bridgehead atoms. The minimum absolute atomic E-state index is 0.173. The molecule has 1 aromatic rings. The fourth-order valence-corrected chi connectivity index (χ4v) is 2.69. The van der Waals surface area contributed by atoms with Crippen molar-refractivity contribution in [3.8, 4) is 0 Å². The normalized spacial score (nSPS) is 14.2. The number of nitrogens with two attached hydrogens (primary N) is 3. The third-order valence-electron chi connectivity index (χ3n) is 4.48. The van der Waals surface area contributed by atoms with Crippen LogP contribution < -0.4 is 33.2 Å². The summed E-state index contributed by atoms with van der Waals surface area (Å²) < 4.78 is 0. The van der Waals surface area contributed by atoms with E-state index < -0.39 is 72.7 Å². The smallest absolute Gasteiger partial charge is 0.326 e. The number of amides is 5. The second-order valence-electron chi connectivity index (χ2n) is 7.27. The molecule has 4 atom stereocenters. The summed E-state index contributed by atoms with van der Waals surface area (Å²) in [4.78, 5) is 77.8. The maximum atomic E-state index is 12.9. The van der Waals surface area contributed by atoms with Gasteiger partial charge in [0, 0.05) is 24.7 Å². The Morgan fingerprint density at radius 2 is 1.53 bits per heavy atom. The Bertz CT molecular complexity index is 891. The van der Waals surface area contributed by atoms with E-state index in [0.29, 0.717) is 5.69 Å². The number of imidazole rings is 1. The van der Waals surface area contributed by atoms with Crippen molar-refractivity contribution >= 4 is 35.5 Å². The molecule has 34 heavy (non-hydrogen) atoms. The quantitative estimate of drug-likeness (QED) is 0.114. The molecule has 1 heterocycles. The van der Waals surface area contributed by atoms with Gasteiger partial charge in [-0.15, -0.1) is 0 Å². The summed E-state index contributed by atoms with van der Waals surface area (Å²) in [6.45, 7) is -0.711. The molecule has 0 aliphatic rings. The van der Waals surface area contributed by atoms with Gasteiger partial charge < -0.3 is 48.3 Å². The predicted molar refractivity (Wildman–Crippen MR) is 113 cm³/mol. The first-order chi connectivity index (χ1) is 15.9. The number of carboxylic acids is 1. The van der Waals surface area contributed by atoms with Gasteiger partial charge in [-0.1, -0.05) is 0 Å². The third kappa shape index (κ3) is 9.61. The summed E-state index contributed by atoms with van der Waals surface area (Å²) in [6.07, 6.45) is 1.25. The molecule has 12 N–H and O–H groups in total. The van der Waals surface area contributed by atoms with Crippen LogP contribution in [0, 0.1) is 0 Å². The summed E-state index contributed by atoms with van der Waals surface area (Å²) in [5, 5.41) is 25.0. The van der Waals surface area contributed by atoms with E-state index in [1.807, 2.05) is 0 Å². The standard InChI is InChI=1S/C18H28N8O8/c19-9(6-27)15(30)24-10(1-2-13(20)28)16(31)25-11(3-8-5-22-7-23-8)17(32)26-12(18(33)34)4-14(21)29/h5,7,9-12,27H,1-4,6,19H2,(H2,20,28)(H2,21,29)(H,22,23)(H,24,30)(H,25,31)(H,26,32)(H,33,34). The van der Waals surface area contributed by atoms with Crippen LogP contribution in [0.15, 0.2) is 12.5 Å².